The topological polar surface area (TPSA) is 95.0 Å². The van der Waals surface area contributed by atoms with Gasteiger partial charge in [0, 0.05) is 11.1 Å². The molecule has 0 fully saturated rings. The Hall–Kier alpha value is -2.61. The normalized spacial score (nSPS) is 19.0. The average molecular weight is 343 g/mol. The number of thioether (sulfide) groups is 1. The number of rotatable bonds is 4. The molecule has 124 valence electrons. The molecule has 2 aromatic rings. The number of carbonyl (C=O) groups is 1. The van der Waals surface area contributed by atoms with Crippen molar-refractivity contribution in [1.29, 1.82) is 0 Å². The van der Waals surface area contributed by atoms with Gasteiger partial charge in [0.05, 0.1) is 6.54 Å². The molecule has 2 N–H and O–H groups in total. The van der Waals surface area contributed by atoms with E-state index < -0.39 is 6.04 Å². The fourth-order valence-corrected chi connectivity index (χ4v) is 3.49. The van der Waals surface area contributed by atoms with Crippen molar-refractivity contribution in [2.75, 3.05) is 0 Å². The highest BCUT2D eigenvalue weighted by atomic mass is 32.2. The maximum atomic E-state index is 11.7. The lowest BCUT2D eigenvalue weighted by Gasteiger charge is -2.30. The van der Waals surface area contributed by atoms with Crippen LogP contribution in [0.25, 0.3) is 6.08 Å². The first-order chi connectivity index (χ1) is 11.6. The summed E-state index contributed by atoms with van der Waals surface area (Å²) in [6.07, 6.45) is 4.73. The molecule has 2 heterocycles. The SMILES string of the molecule is Cc1cc(C=C2SC=CN(Cc3nn[nH]n3)C2C=O)cc(C)c1O. The number of aromatic hydroxyl groups is 1. The number of H-pyrrole nitrogens is 1. The fraction of sp³-hybridized carbons (Fsp3) is 0.250. The van der Waals surface area contributed by atoms with Gasteiger partial charge < -0.3 is 14.8 Å². The first-order valence-corrected chi connectivity index (χ1v) is 8.25. The zero-order chi connectivity index (χ0) is 17.1. The number of aldehydes is 1. The molecule has 0 saturated carbocycles. The van der Waals surface area contributed by atoms with E-state index in [1.807, 2.05) is 48.6 Å². The van der Waals surface area contributed by atoms with Crippen LogP contribution in [-0.4, -0.2) is 43.0 Å². The molecule has 1 atom stereocenters. The van der Waals surface area contributed by atoms with Crippen LogP contribution in [0.4, 0.5) is 0 Å². The lowest BCUT2D eigenvalue weighted by atomic mass is 10.0. The molecule has 24 heavy (non-hydrogen) atoms. The van der Waals surface area contributed by atoms with Gasteiger partial charge in [0.15, 0.2) is 5.82 Å². The van der Waals surface area contributed by atoms with Crippen molar-refractivity contribution in [3.8, 4) is 5.75 Å². The molecule has 1 aliphatic rings. The van der Waals surface area contributed by atoms with Crippen molar-refractivity contribution in [2.45, 2.75) is 26.4 Å². The second-order valence-corrected chi connectivity index (χ2v) is 6.51. The molecule has 0 bridgehead atoms. The van der Waals surface area contributed by atoms with Gasteiger partial charge in [0.25, 0.3) is 0 Å². The Morgan fingerprint density at radius 3 is 2.75 bits per heavy atom. The summed E-state index contributed by atoms with van der Waals surface area (Å²) in [6.45, 7) is 4.11. The van der Waals surface area contributed by atoms with Crippen molar-refractivity contribution in [2.24, 2.45) is 0 Å². The van der Waals surface area contributed by atoms with Gasteiger partial charge in [-0.25, -0.2) is 0 Å². The second kappa shape index (κ2) is 6.88. The van der Waals surface area contributed by atoms with Gasteiger partial charge in [-0.05, 0) is 54.2 Å². The average Bonchev–Trinajstić information content (AvgIpc) is 3.06. The number of benzene rings is 1. The summed E-state index contributed by atoms with van der Waals surface area (Å²) >= 11 is 1.50. The third-order valence-electron chi connectivity index (χ3n) is 3.77. The van der Waals surface area contributed by atoms with Crippen molar-refractivity contribution in [1.82, 2.24) is 25.5 Å². The van der Waals surface area contributed by atoms with Crippen LogP contribution in [0.15, 0.2) is 28.6 Å². The summed E-state index contributed by atoms with van der Waals surface area (Å²) in [5.74, 6) is 0.827. The van der Waals surface area contributed by atoms with E-state index in [1.54, 1.807) is 0 Å². The highest BCUT2D eigenvalue weighted by Crippen LogP contribution is 2.33. The molecule has 1 aliphatic heterocycles. The first-order valence-electron chi connectivity index (χ1n) is 7.37. The molecule has 3 rings (SSSR count). The fourth-order valence-electron chi connectivity index (χ4n) is 2.58. The number of aromatic amines is 1. The predicted molar refractivity (Wildman–Crippen MR) is 91.9 cm³/mol. The van der Waals surface area contributed by atoms with Gasteiger partial charge in [0.1, 0.15) is 18.1 Å². The van der Waals surface area contributed by atoms with Gasteiger partial charge in [-0.2, -0.15) is 5.21 Å². The third-order valence-corrected chi connectivity index (χ3v) is 4.66. The van der Waals surface area contributed by atoms with E-state index in [1.165, 1.54) is 11.8 Å². The lowest BCUT2D eigenvalue weighted by molar-refractivity contribution is -0.110. The molecule has 0 aliphatic carbocycles. The van der Waals surface area contributed by atoms with E-state index in [9.17, 15) is 9.90 Å². The van der Waals surface area contributed by atoms with E-state index in [0.717, 1.165) is 27.9 Å². The molecule has 0 saturated heterocycles. The summed E-state index contributed by atoms with van der Waals surface area (Å²) in [7, 11) is 0. The molecule has 0 radical (unpaired) electrons. The maximum Gasteiger partial charge on any atom is 0.193 e. The van der Waals surface area contributed by atoms with Crippen molar-refractivity contribution >= 4 is 24.1 Å². The monoisotopic (exact) mass is 343 g/mol. The van der Waals surface area contributed by atoms with Crippen LogP contribution in [0.1, 0.15) is 22.5 Å². The molecular weight excluding hydrogens is 326 g/mol. The molecule has 0 amide bonds. The molecule has 1 aromatic heterocycles. The van der Waals surface area contributed by atoms with Crippen molar-refractivity contribution in [3.05, 3.63) is 51.2 Å². The van der Waals surface area contributed by atoms with E-state index in [2.05, 4.69) is 20.6 Å². The minimum atomic E-state index is -0.409. The van der Waals surface area contributed by atoms with Crippen molar-refractivity contribution < 1.29 is 9.90 Å². The van der Waals surface area contributed by atoms with Crippen LogP contribution in [0, 0.1) is 13.8 Å². The van der Waals surface area contributed by atoms with Gasteiger partial charge in [-0.15, -0.1) is 10.2 Å². The zero-order valence-corrected chi connectivity index (χ0v) is 14.1. The Morgan fingerprint density at radius 2 is 2.12 bits per heavy atom. The molecular formula is C16H17N5O2S. The van der Waals surface area contributed by atoms with Crippen LogP contribution < -0.4 is 0 Å². The number of phenolic OH excluding ortho intramolecular Hbond substituents is 1. The van der Waals surface area contributed by atoms with Crippen LogP contribution in [-0.2, 0) is 11.3 Å². The predicted octanol–water partition coefficient (Wildman–Crippen LogP) is 2.15. The van der Waals surface area contributed by atoms with Gasteiger partial charge in [0.2, 0.25) is 0 Å². The van der Waals surface area contributed by atoms with E-state index in [0.29, 0.717) is 18.1 Å². The van der Waals surface area contributed by atoms with Crippen LogP contribution in [0.2, 0.25) is 0 Å². The number of hydrogen-bond donors (Lipinski definition) is 2. The minimum absolute atomic E-state index is 0.305. The van der Waals surface area contributed by atoms with E-state index in [4.69, 9.17) is 0 Å². The number of tetrazole rings is 1. The first kappa shape index (κ1) is 16.3. The summed E-state index contributed by atoms with van der Waals surface area (Å²) in [5, 5.41) is 25.6. The molecule has 0 spiro atoms. The van der Waals surface area contributed by atoms with Gasteiger partial charge in [-0.1, -0.05) is 17.0 Å². The van der Waals surface area contributed by atoms with Gasteiger partial charge >= 0.3 is 0 Å². The van der Waals surface area contributed by atoms with Crippen molar-refractivity contribution in [3.63, 3.8) is 0 Å². The Kier molecular flexibility index (Phi) is 4.66. The summed E-state index contributed by atoms with van der Waals surface area (Å²) in [4.78, 5) is 14.4. The van der Waals surface area contributed by atoms with Gasteiger partial charge in [-0.3, -0.25) is 0 Å². The molecule has 1 aromatic carbocycles. The number of aryl methyl sites for hydroxylation is 2. The summed E-state index contributed by atoms with van der Waals surface area (Å²) in [5.41, 5.74) is 2.57. The minimum Gasteiger partial charge on any atom is -0.507 e. The number of hydrogen-bond acceptors (Lipinski definition) is 7. The number of nitrogens with zero attached hydrogens (tertiary/aromatic N) is 4. The molecule has 7 nitrogen and oxygen atoms in total. The Bertz CT molecular complexity index is 778. The van der Waals surface area contributed by atoms with E-state index in [-0.39, 0.29) is 0 Å². The highest BCUT2D eigenvalue weighted by molar-refractivity contribution is 8.06. The zero-order valence-electron chi connectivity index (χ0n) is 13.3. The number of aromatic nitrogens is 4. The quantitative estimate of drug-likeness (QED) is 0.821. The largest absolute Gasteiger partial charge is 0.507 e. The maximum absolute atomic E-state index is 11.7. The van der Waals surface area contributed by atoms with Crippen LogP contribution in [0.5, 0.6) is 5.75 Å². The standard InChI is InChI=1S/C16H17N5O2S/c1-10-5-12(6-11(2)16(10)23)7-14-13(9-22)21(3-4-24-14)8-15-17-19-20-18-15/h3-7,9,13,23H,8H2,1-2H3,(H,17,18,19,20). The van der Waals surface area contributed by atoms with Crippen LogP contribution >= 0.6 is 11.8 Å². The number of nitrogens with one attached hydrogen (secondary N) is 1. The Labute approximate surface area is 143 Å². The smallest absolute Gasteiger partial charge is 0.193 e. The summed E-state index contributed by atoms with van der Waals surface area (Å²) in [6, 6.07) is 3.40. The second-order valence-electron chi connectivity index (χ2n) is 5.53. The highest BCUT2D eigenvalue weighted by Gasteiger charge is 2.24. The Morgan fingerprint density at radius 1 is 1.38 bits per heavy atom. The third kappa shape index (κ3) is 3.33. The van der Waals surface area contributed by atoms with Crippen LogP contribution in [0.3, 0.4) is 0 Å². The Balaban J connectivity index is 1.89. The summed E-state index contributed by atoms with van der Waals surface area (Å²) < 4.78 is 0. The lowest BCUT2D eigenvalue weighted by Crippen LogP contribution is -2.34. The molecule has 8 heteroatoms. The molecule has 1 unspecified atom stereocenters. The van der Waals surface area contributed by atoms with E-state index >= 15 is 0 Å². The number of phenols is 1. The number of carbonyl (C=O) groups excluding carboxylic acids is 1.